The highest BCUT2D eigenvalue weighted by Crippen LogP contribution is 2.26. The Balaban J connectivity index is 1.64. The van der Waals surface area contributed by atoms with E-state index in [2.05, 4.69) is 80.5 Å². The molecule has 0 fully saturated rings. The number of hydrogen-bond acceptors (Lipinski definition) is 4. The molecule has 0 atom stereocenters. The maximum Gasteiger partial charge on any atom is 0.329 e. The van der Waals surface area contributed by atoms with Crippen LogP contribution in [0, 0.1) is 5.92 Å². The summed E-state index contributed by atoms with van der Waals surface area (Å²) in [4.78, 5) is 13.3. The number of rotatable bonds is 7. The van der Waals surface area contributed by atoms with Gasteiger partial charge in [0, 0.05) is 23.0 Å². The van der Waals surface area contributed by atoms with E-state index in [1.165, 1.54) is 0 Å². The summed E-state index contributed by atoms with van der Waals surface area (Å²) in [6.07, 6.45) is 5.59. The van der Waals surface area contributed by atoms with E-state index < -0.39 is 0 Å². The van der Waals surface area contributed by atoms with Crippen LogP contribution in [-0.4, -0.2) is 29.3 Å². The fourth-order valence-corrected chi connectivity index (χ4v) is 3.97. The van der Waals surface area contributed by atoms with Crippen molar-refractivity contribution < 1.29 is 0 Å². The Morgan fingerprint density at radius 2 is 1.73 bits per heavy atom. The topological polar surface area (TPSA) is 70.5 Å². The van der Waals surface area contributed by atoms with Crippen LogP contribution >= 0.6 is 0 Å². The van der Waals surface area contributed by atoms with Crippen molar-refractivity contribution in [3.63, 3.8) is 0 Å². The molecule has 0 aliphatic rings. The fraction of sp³-hybridized carbons (Fsp3) is 0.385. The van der Waals surface area contributed by atoms with Gasteiger partial charge in [0.2, 0.25) is 0 Å². The fourth-order valence-electron chi connectivity index (χ4n) is 3.97. The summed E-state index contributed by atoms with van der Waals surface area (Å²) in [5.74, 6) is 0.589. The molecule has 0 amide bonds. The van der Waals surface area contributed by atoms with Crippen molar-refractivity contribution >= 4 is 0 Å². The van der Waals surface area contributed by atoms with Gasteiger partial charge >= 0.3 is 5.69 Å². The van der Waals surface area contributed by atoms with Crippen LogP contribution < -0.4 is 5.69 Å². The lowest BCUT2D eigenvalue weighted by atomic mass is 10.0. The Hall–Kier alpha value is -3.48. The molecule has 0 saturated carbocycles. The average Bonchev–Trinajstić information content (AvgIpc) is 3.42. The molecular formula is C26H32N6O. The molecule has 2 heterocycles. The van der Waals surface area contributed by atoms with Crippen LogP contribution in [-0.2, 0) is 18.5 Å². The van der Waals surface area contributed by atoms with Gasteiger partial charge in [-0.25, -0.2) is 4.79 Å². The zero-order valence-electron chi connectivity index (χ0n) is 20.1. The molecule has 4 aromatic rings. The smallest absolute Gasteiger partial charge is 0.294 e. The molecule has 2 aromatic carbocycles. The summed E-state index contributed by atoms with van der Waals surface area (Å²) >= 11 is 0. The van der Waals surface area contributed by atoms with Crippen molar-refractivity contribution in [1.29, 1.82) is 0 Å². The van der Waals surface area contributed by atoms with Crippen molar-refractivity contribution in [2.24, 2.45) is 5.92 Å². The Morgan fingerprint density at radius 1 is 1.00 bits per heavy atom. The van der Waals surface area contributed by atoms with Crippen LogP contribution in [0.1, 0.15) is 52.3 Å². The van der Waals surface area contributed by atoms with Crippen molar-refractivity contribution in [3.8, 4) is 16.8 Å². The lowest BCUT2D eigenvalue weighted by molar-refractivity contribution is 0.380. The van der Waals surface area contributed by atoms with Gasteiger partial charge in [-0.2, -0.15) is 4.68 Å². The van der Waals surface area contributed by atoms with E-state index in [1.807, 2.05) is 33.5 Å². The minimum absolute atomic E-state index is 0.0503. The molecule has 2 aromatic heterocycles. The lowest BCUT2D eigenvalue weighted by Gasteiger charge is -2.19. The van der Waals surface area contributed by atoms with Gasteiger partial charge < -0.3 is 0 Å². The SMILES string of the molecule is CC(C)CCc1cn(C(C)(C)C)c(=O)n1Cc1ccc(-c2ccccc2-n2cnnn2)cc1. The minimum Gasteiger partial charge on any atom is -0.294 e. The Kier molecular flexibility index (Phi) is 6.31. The monoisotopic (exact) mass is 444 g/mol. The van der Waals surface area contributed by atoms with Crippen LogP contribution in [0.3, 0.4) is 0 Å². The number of benzene rings is 2. The van der Waals surface area contributed by atoms with Crippen molar-refractivity contribution in [3.05, 3.63) is 82.8 Å². The molecule has 33 heavy (non-hydrogen) atoms. The molecule has 0 aliphatic carbocycles. The Bertz CT molecular complexity index is 1260. The lowest BCUT2D eigenvalue weighted by Crippen LogP contribution is -2.34. The quantitative estimate of drug-likeness (QED) is 0.415. The molecule has 0 spiro atoms. The van der Waals surface area contributed by atoms with E-state index >= 15 is 0 Å². The third-order valence-corrected chi connectivity index (χ3v) is 5.87. The molecule has 0 radical (unpaired) electrons. The largest absolute Gasteiger partial charge is 0.329 e. The summed E-state index contributed by atoms with van der Waals surface area (Å²) in [5, 5.41) is 11.5. The highest BCUT2D eigenvalue weighted by molar-refractivity contribution is 5.72. The molecule has 4 rings (SSSR count). The highest BCUT2D eigenvalue weighted by atomic mass is 16.1. The van der Waals surface area contributed by atoms with Gasteiger partial charge in [-0.05, 0) is 67.2 Å². The van der Waals surface area contributed by atoms with E-state index in [-0.39, 0.29) is 11.2 Å². The number of nitrogens with zero attached hydrogens (tertiary/aromatic N) is 6. The second-order valence-electron chi connectivity index (χ2n) is 9.93. The molecule has 0 bridgehead atoms. The van der Waals surface area contributed by atoms with E-state index in [9.17, 15) is 4.79 Å². The average molecular weight is 445 g/mol. The molecule has 0 unspecified atom stereocenters. The molecule has 0 N–H and O–H groups in total. The number of imidazole rings is 1. The van der Waals surface area contributed by atoms with E-state index in [0.29, 0.717) is 12.5 Å². The van der Waals surface area contributed by atoms with Gasteiger partial charge in [0.25, 0.3) is 0 Å². The number of aromatic nitrogens is 6. The zero-order chi connectivity index (χ0) is 23.6. The summed E-state index contributed by atoms with van der Waals surface area (Å²) in [5.41, 5.74) is 5.03. The van der Waals surface area contributed by atoms with Crippen LogP contribution in [0.25, 0.3) is 16.8 Å². The molecule has 172 valence electrons. The van der Waals surface area contributed by atoms with Gasteiger partial charge in [-0.1, -0.05) is 56.3 Å². The number of aryl methyl sites for hydroxylation is 1. The summed E-state index contributed by atoms with van der Waals surface area (Å²) in [6.45, 7) is 11.2. The minimum atomic E-state index is -0.251. The summed E-state index contributed by atoms with van der Waals surface area (Å²) in [6, 6.07) is 16.4. The second kappa shape index (κ2) is 9.17. The van der Waals surface area contributed by atoms with E-state index in [0.717, 1.165) is 40.9 Å². The first-order valence-electron chi connectivity index (χ1n) is 11.5. The van der Waals surface area contributed by atoms with E-state index in [4.69, 9.17) is 0 Å². The van der Waals surface area contributed by atoms with Crippen LogP contribution in [0.4, 0.5) is 0 Å². The molecule has 7 nitrogen and oxygen atoms in total. The van der Waals surface area contributed by atoms with Crippen molar-refractivity contribution in [2.75, 3.05) is 0 Å². The van der Waals surface area contributed by atoms with Crippen molar-refractivity contribution in [1.82, 2.24) is 29.3 Å². The van der Waals surface area contributed by atoms with Gasteiger partial charge in [-0.15, -0.1) is 5.10 Å². The number of tetrazole rings is 1. The maximum absolute atomic E-state index is 13.3. The van der Waals surface area contributed by atoms with Crippen LogP contribution in [0.2, 0.25) is 0 Å². The zero-order valence-corrected chi connectivity index (χ0v) is 20.1. The first-order valence-corrected chi connectivity index (χ1v) is 11.5. The second-order valence-corrected chi connectivity index (χ2v) is 9.93. The third kappa shape index (κ3) is 4.97. The van der Waals surface area contributed by atoms with Crippen LogP contribution in [0.15, 0.2) is 65.8 Å². The van der Waals surface area contributed by atoms with Gasteiger partial charge in [-0.3, -0.25) is 9.13 Å². The summed E-state index contributed by atoms with van der Waals surface area (Å²) in [7, 11) is 0. The highest BCUT2D eigenvalue weighted by Gasteiger charge is 2.20. The predicted octanol–water partition coefficient (Wildman–Crippen LogP) is 4.68. The Morgan fingerprint density at radius 3 is 2.36 bits per heavy atom. The van der Waals surface area contributed by atoms with Crippen LogP contribution in [0.5, 0.6) is 0 Å². The molecule has 0 aliphatic heterocycles. The van der Waals surface area contributed by atoms with Gasteiger partial charge in [0.05, 0.1) is 12.2 Å². The van der Waals surface area contributed by atoms with Crippen molar-refractivity contribution in [2.45, 2.75) is 59.5 Å². The molecule has 7 heteroatoms. The predicted molar refractivity (Wildman–Crippen MR) is 131 cm³/mol. The first-order chi connectivity index (χ1) is 15.7. The third-order valence-electron chi connectivity index (χ3n) is 5.87. The normalized spacial score (nSPS) is 11.9. The molecular weight excluding hydrogens is 412 g/mol. The molecule has 0 saturated heterocycles. The van der Waals surface area contributed by atoms with Gasteiger partial charge in [0.1, 0.15) is 6.33 Å². The van der Waals surface area contributed by atoms with E-state index in [1.54, 1.807) is 11.0 Å². The number of hydrogen-bond donors (Lipinski definition) is 0. The maximum atomic E-state index is 13.3. The Labute approximate surface area is 194 Å². The first kappa shape index (κ1) is 22.7. The summed E-state index contributed by atoms with van der Waals surface area (Å²) < 4.78 is 5.45. The number of para-hydroxylation sites is 1. The van der Waals surface area contributed by atoms with Gasteiger partial charge in [0.15, 0.2) is 0 Å². The standard InChI is InChI=1S/C26H32N6O/c1-19(2)10-15-22-17-31(26(3,4)5)25(33)30(22)16-20-11-13-21(14-12-20)23-8-6-7-9-24(23)32-18-27-28-29-32/h6-9,11-14,17-19H,10,15-16H2,1-5H3.